The standard InChI is InChI=1S/C16H13FN2O2/c1-2-21-16(20)14-13-8-3-4-9-19(13)18-15(14)11-6-5-7-12(17)10-11/h3-10H,2H2,1H3. The molecule has 5 heteroatoms. The average Bonchev–Trinajstić information content (AvgIpc) is 2.87. The minimum atomic E-state index is -0.460. The molecular weight excluding hydrogens is 271 g/mol. The van der Waals surface area contributed by atoms with E-state index in [9.17, 15) is 9.18 Å². The molecule has 0 atom stereocenters. The number of carbonyl (C=O) groups excluding carboxylic acids is 1. The van der Waals surface area contributed by atoms with Gasteiger partial charge in [-0.2, -0.15) is 5.10 Å². The molecule has 2 aromatic heterocycles. The van der Waals surface area contributed by atoms with Crippen LogP contribution in [0.15, 0.2) is 48.7 Å². The van der Waals surface area contributed by atoms with E-state index in [4.69, 9.17) is 4.74 Å². The second-order valence-electron chi connectivity index (χ2n) is 4.48. The number of fused-ring (bicyclic) bond motifs is 1. The van der Waals surface area contributed by atoms with Gasteiger partial charge in [0.05, 0.1) is 12.1 Å². The SMILES string of the molecule is CCOC(=O)c1c(-c2cccc(F)c2)nn2ccccc12. The predicted molar refractivity (Wildman–Crippen MR) is 76.5 cm³/mol. The summed E-state index contributed by atoms with van der Waals surface area (Å²) in [6.07, 6.45) is 1.74. The van der Waals surface area contributed by atoms with E-state index in [2.05, 4.69) is 5.10 Å². The van der Waals surface area contributed by atoms with Crippen LogP contribution in [-0.4, -0.2) is 22.2 Å². The summed E-state index contributed by atoms with van der Waals surface area (Å²) >= 11 is 0. The van der Waals surface area contributed by atoms with Crippen LogP contribution >= 0.6 is 0 Å². The molecule has 0 saturated carbocycles. The maximum Gasteiger partial charge on any atom is 0.342 e. The van der Waals surface area contributed by atoms with Gasteiger partial charge in [-0.3, -0.25) is 0 Å². The van der Waals surface area contributed by atoms with Crippen molar-refractivity contribution >= 4 is 11.5 Å². The van der Waals surface area contributed by atoms with E-state index in [0.29, 0.717) is 22.3 Å². The molecule has 0 spiro atoms. The number of aromatic nitrogens is 2. The van der Waals surface area contributed by atoms with Crippen molar-refractivity contribution in [1.82, 2.24) is 9.61 Å². The van der Waals surface area contributed by atoms with Crippen molar-refractivity contribution in [2.45, 2.75) is 6.92 Å². The van der Waals surface area contributed by atoms with Crippen molar-refractivity contribution in [2.75, 3.05) is 6.61 Å². The molecule has 0 N–H and O–H groups in total. The number of hydrogen-bond donors (Lipinski definition) is 0. The zero-order valence-corrected chi connectivity index (χ0v) is 11.4. The fourth-order valence-electron chi connectivity index (χ4n) is 2.24. The Kier molecular flexibility index (Phi) is 3.39. The summed E-state index contributed by atoms with van der Waals surface area (Å²) < 4.78 is 20.1. The molecular formula is C16H13FN2O2. The summed E-state index contributed by atoms with van der Waals surface area (Å²) in [5.41, 5.74) is 1.94. The quantitative estimate of drug-likeness (QED) is 0.693. The van der Waals surface area contributed by atoms with Crippen molar-refractivity contribution in [1.29, 1.82) is 0 Å². The number of esters is 1. The highest BCUT2D eigenvalue weighted by Crippen LogP contribution is 2.27. The minimum Gasteiger partial charge on any atom is -0.462 e. The summed E-state index contributed by atoms with van der Waals surface area (Å²) in [7, 11) is 0. The van der Waals surface area contributed by atoms with Gasteiger partial charge >= 0.3 is 5.97 Å². The molecule has 106 valence electrons. The van der Waals surface area contributed by atoms with Gasteiger partial charge in [0.2, 0.25) is 0 Å². The fraction of sp³-hybridized carbons (Fsp3) is 0.125. The van der Waals surface area contributed by atoms with Gasteiger partial charge in [0.15, 0.2) is 0 Å². The number of halogens is 1. The van der Waals surface area contributed by atoms with Gasteiger partial charge < -0.3 is 4.74 Å². The first-order valence-electron chi connectivity index (χ1n) is 6.61. The third kappa shape index (κ3) is 2.38. The lowest BCUT2D eigenvalue weighted by atomic mass is 10.1. The molecule has 0 unspecified atom stereocenters. The van der Waals surface area contributed by atoms with Crippen molar-refractivity contribution in [3.8, 4) is 11.3 Å². The summed E-state index contributed by atoms with van der Waals surface area (Å²) in [6.45, 7) is 2.01. The van der Waals surface area contributed by atoms with Crippen LogP contribution in [0.3, 0.4) is 0 Å². The van der Waals surface area contributed by atoms with E-state index >= 15 is 0 Å². The number of pyridine rings is 1. The molecule has 3 aromatic rings. The Morgan fingerprint density at radius 1 is 1.29 bits per heavy atom. The molecule has 0 fully saturated rings. The van der Waals surface area contributed by atoms with E-state index in [-0.39, 0.29) is 12.4 Å². The summed E-state index contributed by atoms with van der Waals surface area (Å²) in [4.78, 5) is 12.2. The van der Waals surface area contributed by atoms with Crippen LogP contribution in [0.2, 0.25) is 0 Å². The van der Waals surface area contributed by atoms with Crippen LogP contribution < -0.4 is 0 Å². The molecule has 21 heavy (non-hydrogen) atoms. The summed E-state index contributed by atoms with van der Waals surface area (Å²) in [6, 6.07) is 11.4. The highest BCUT2D eigenvalue weighted by molar-refractivity contribution is 6.03. The molecule has 3 rings (SSSR count). The number of rotatable bonds is 3. The Morgan fingerprint density at radius 2 is 2.14 bits per heavy atom. The van der Waals surface area contributed by atoms with Gasteiger partial charge in [-0.25, -0.2) is 13.7 Å². The molecule has 0 saturated heterocycles. The number of carbonyl (C=O) groups is 1. The second-order valence-corrected chi connectivity index (χ2v) is 4.48. The Bertz CT molecular complexity index is 811. The molecule has 0 aliphatic carbocycles. The highest BCUT2D eigenvalue weighted by Gasteiger charge is 2.22. The first kappa shape index (κ1) is 13.3. The molecule has 0 amide bonds. The zero-order chi connectivity index (χ0) is 14.8. The highest BCUT2D eigenvalue weighted by atomic mass is 19.1. The van der Waals surface area contributed by atoms with Gasteiger partial charge in [-0.15, -0.1) is 0 Å². The van der Waals surface area contributed by atoms with E-state index in [0.717, 1.165) is 0 Å². The second kappa shape index (κ2) is 5.36. The van der Waals surface area contributed by atoms with Crippen molar-refractivity contribution in [3.63, 3.8) is 0 Å². The average molecular weight is 284 g/mol. The van der Waals surface area contributed by atoms with Crippen LogP contribution in [0.4, 0.5) is 4.39 Å². The van der Waals surface area contributed by atoms with Crippen molar-refractivity contribution in [2.24, 2.45) is 0 Å². The van der Waals surface area contributed by atoms with Gasteiger partial charge in [0.25, 0.3) is 0 Å². The maximum absolute atomic E-state index is 13.4. The molecule has 2 heterocycles. The Balaban J connectivity index is 2.26. The van der Waals surface area contributed by atoms with Crippen LogP contribution in [0, 0.1) is 5.82 Å². The predicted octanol–water partition coefficient (Wildman–Crippen LogP) is 3.32. The molecule has 0 aliphatic rings. The topological polar surface area (TPSA) is 43.6 Å². The number of nitrogens with zero attached hydrogens (tertiary/aromatic N) is 2. The number of hydrogen-bond acceptors (Lipinski definition) is 3. The third-order valence-corrected chi connectivity index (χ3v) is 3.12. The van der Waals surface area contributed by atoms with E-state index < -0.39 is 5.97 Å². The lowest BCUT2D eigenvalue weighted by Gasteiger charge is -2.03. The lowest BCUT2D eigenvalue weighted by molar-refractivity contribution is 0.0529. The van der Waals surface area contributed by atoms with E-state index in [1.807, 2.05) is 12.1 Å². The normalized spacial score (nSPS) is 10.8. The zero-order valence-electron chi connectivity index (χ0n) is 11.4. The van der Waals surface area contributed by atoms with Crippen LogP contribution in [0.1, 0.15) is 17.3 Å². The molecule has 0 aliphatic heterocycles. The largest absolute Gasteiger partial charge is 0.462 e. The molecule has 0 bridgehead atoms. The van der Waals surface area contributed by atoms with Crippen LogP contribution in [0.25, 0.3) is 16.8 Å². The van der Waals surface area contributed by atoms with E-state index in [1.54, 1.807) is 35.8 Å². The number of ether oxygens (including phenoxy) is 1. The van der Waals surface area contributed by atoms with Crippen molar-refractivity contribution < 1.29 is 13.9 Å². The molecule has 0 radical (unpaired) electrons. The number of benzene rings is 1. The Morgan fingerprint density at radius 3 is 2.90 bits per heavy atom. The van der Waals surface area contributed by atoms with E-state index in [1.165, 1.54) is 12.1 Å². The van der Waals surface area contributed by atoms with Gasteiger partial charge in [0, 0.05) is 11.8 Å². The third-order valence-electron chi connectivity index (χ3n) is 3.12. The van der Waals surface area contributed by atoms with Crippen molar-refractivity contribution in [3.05, 3.63) is 60.0 Å². The van der Waals surface area contributed by atoms with Crippen LogP contribution in [0.5, 0.6) is 0 Å². The lowest BCUT2D eigenvalue weighted by Crippen LogP contribution is -2.05. The monoisotopic (exact) mass is 284 g/mol. The Hall–Kier alpha value is -2.69. The maximum atomic E-state index is 13.4. The van der Waals surface area contributed by atoms with Gasteiger partial charge in [0.1, 0.15) is 17.1 Å². The Labute approximate surface area is 120 Å². The van der Waals surface area contributed by atoms with Crippen LogP contribution in [-0.2, 0) is 4.74 Å². The van der Waals surface area contributed by atoms with Gasteiger partial charge in [-0.05, 0) is 31.2 Å². The fourth-order valence-corrected chi connectivity index (χ4v) is 2.24. The van der Waals surface area contributed by atoms with Gasteiger partial charge in [-0.1, -0.05) is 18.2 Å². The summed E-state index contributed by atoms with van der Waals surface area (Å²) in [5.74, 6) is -0.836. The first-order valence-corrected chi connectivity index (χ1v) is 6.61. The molecule has 4 nitrogen and oxygen atoms in total. The smallest absolute Gasteiger partial charge is 0.342 e. The minimum absolute atomic E-state index is 0.269. The molecule has 1 aromatic carbocycles. The summed E-state index contributed by atoms with van der Waals surface area (Å²) in [5, 5.41) is 4.38. The first-order chi connectivity index (χ1) is 10.2.